The lowest BCUT2D eigenvalue weighted by atomic mass is 10.1. The zero-order chi connectivity index (χ0) is 20.5. The van der Waals surface area contributed by atoms with Crippen molar-refractivity contribution in [3.8, 4) is 11.3 Å². The topological polar surface area (TPSA) is 87.9 Å². The third-order valence-electron chi connectivity index (χ3n) is 5.26. The van der Waals surface area contributed by atoms with Crippen LogP contribution in [0.15, 0.2) is 30.6 Å². The molecule has 30 heavy (non-hydrogen) atoms. The highest BCUT2D eigenvalue weighted by molar-refractivity contribution is 7.84. The third-order valence-corrected chi connectivity index (χ3v) is 6.50. The van der Waals surface area contributed by atoms with Crippen LogP contribution in [-0.2, 0) is 15.9 Å². The van der Waals surface area contributed by atoms with Crippen LogP contribution in [0, 0.1) is 5.82 Å². The first kappa shape index (κ1) is 19.3. The van der Waals surface area contributed by atoms with Crippen LogP contribution >= 0.6 is 0 Å². The maximum absolute atomic E-state index is 14.6. The molecule has 3 aromatic rings. The van der Waals surface area contributed by atoms with Gasteiger partial charge in [-0.25, -0.2) is 27.4 Å². The summed E-state index contributed by atoms with van der Waals surface area (Å²) in [5.74, 6) is 0.705. The summed E-state index contributed by atoms with van der Waals surface area (Å²) in [6.45, 7) is 4.39. The predicted octanol–water partition coefficient (Wildman–Crippen LogP) is 1.85. The minimum atomic E-state index is -1.34. The average molecular weight is 431 g/mol. The third kappa shape index (κ3) is 3.87. The Morgan fingerprint density at radius 3 is 2.73 bits per heavy atom. The van der Waals surface area contributed by atoms with Gasteiger partial charge in [-0.1, -0.05) is 0 Å². The smallest absolute Gasteiger partial charge is 0.251 e. The van der Waals surface area contributed by atoms with Crippen LogP contribution in [0.1, 0.15) is 12.8 Å². The molecule has 0 radical (unpaired) electrons. The molecular weight excluding hydrogens is 409 g/mol. The number of aromatic nitrogens is 4. The van der Waals surface area contributed by atoms with E-state index >= 15 is 0 Å². The number of hydrogen-bond acceptors (Lipinski definition) is 6. The lowest BCUT2D eigenvalue weighted by Gasteiger charge is -2.27. The van der Waals surface area contributed by atoms with Gasteiger partial charge >= 0.3 is 0 Å². The molecule has 158 valence electrons. The highest BCUT2D eigenvalue weighted by Gasteiger charge is 2.19. The molecule has 2 aliphatic rings. The molecule has 0 saturated carbocycles. The van der Waals surface area contributed by atoms with Crippen molar-refractivity contribution >= 4 is 28.5 Å². The molecule has 0 bridgehead atoms. The minimum Gasteiger partial charge on any atom is -0.378 e. The Balaban J connectivity index is 1.41. The van der Waals surface area contributed by atoms with E-state index in [1.54, 1.807) is 29.0 Å². The minimum absolute atomic E-state index is 0.304. The molecule has 11 heteroatoms. The fourth-order valence-corrected chi connectivity index (χ4v) is 4.69. The second-order valence-electron chi connectivity index (χ2n) is 7.27. The average Bonchev–Trinajstić information content (AvgIpc) is 3.45. The zero-order valence-corrected chi connectivity index (χ0v) is 17.1. The summed E-state index contributed by atoms with van der Waals surface area (Å²) in [4.78, 5) is 10.9. The molecule has 1 N–H and O–H groups in total. The number of nitrogens with zero attached hydrogens (tertiary/aromatic N) is 6. The molecule has 2 fully saturated rings. The van der Waals surface area contributed by atoms with Crippen molar-refractivity contribution in [1.29, 1.82) is 0 Å². The van der Waals surface area contributed by atoms with E-state index in [-0.39, 0.29) is 0 Å². The lowest BCUT2D eigenvalue weighted by molar-refractivity contribution is 0.122. The number of benzene rings is 1. The molecule has 0 amide bonds. The van der Waals surface area contributed by atoms with Gasteiger partial charge in [0.25, 0.3) is 5.78 Å². The predicted molar refractivity (Wildman–Crippen MR) is 112 cm³/mol. The standard InChI is InChI=1S/C19H22FN7O2S/c20-16-4-3-14(24-30(28)26-5-1-2-6-26)11-15(16)17-13-27-19(22-17)21-12-18(23-27)25-7-9-29-10-8-25/h3-4,11-13,24H,1-2,5-10H2. The number of morpholine rings is 1. The van der Waals surface area contributed by atoms with Crippen LogP contribution < -0.4 is 9.62 Å². The molecule has 5 rings (SSSR count). The molecule has 2 aliphatic heterocycles. The number of nitrogens with one attached hydrogen (secondary N) is 1. The second kappa shape index (κ2) is 8.25. The molecule has 0 aliphatic carbocycles. The number of halogens is 1. The van der Waals surface area contributed by atoms with Crippen molar-refractivity contribution in [2.24, 2.45) is 0 Å². The number of ether oxygens (including phenoxy) is 1. The van der Waals surface area contributed by atoms with Crippen LogP contribution in [0.25, 0.3) is 17.0 Å². The number of imidazole rings is 1. The first-order valence-corrected chi connectivity index (χ1v) is 11.1. The Morgan fingerprint density at radius 2 is 1.93 bits per heavy atom. The fourth-order valence-electron chi connectivity index (χ4n) is 3.65. The first-order valence-electron chi connectivity index (χ1n) is 9.96. The molecule has 2 aromatic heterocycles. The highest BCUT2D eigenvalue weighted by atomic mass is 32.2. The van der Waals surface area contributed by atoms with E-state index in [0.717, 1.165) is 44.8 Å². The lowest BCUT2D eigenvalue weighted by Crippen LogP contribution is -2.37. The van der Waals surface area contributed by atoms with Crippen LogP contribution in [0.3, 0.4) is 0 Å². The SMILES string of the molecule is O=S(Nc1ccc(F)c(-c2cn3nc(N4CCOCC4)cnc3n2)c1)N1CCCC1. The van der Waals surface area contributed by atoms with Crippen LogP contribution in [0.2, 0.25) is 0 Å². The van der Waals surface area contributed by atoms with Gasteiger partial charge in [0.1, 0.15) is 5.82 Å². The number of rotatable bonds is 5. The van der Waals surface area contributed by atoms with Crippen LogP contribution in [0.4, 0.5) is 15.9 Å². The van der Waals surface area contributed by atoms with Gasteiger partial charge in [0, 0.05) is 37.4 Å². The largest absolute Gasteiger partial charge is 0.378 e. The molecule has 1 unspecified atom stereocenters. The van der Waals surface area contributed by atoms with E-state index in [0.29, 0.717) is 35.9 Å². The Hall–Kier alpha value is -2.63. The van der Waals surface area contributed by atoms with E-state index in [1.807, 2.05) is 4.31 Å². The van der Waals surface area contributed by atoms with Crippen molar-refractivity contribution in [2.45, 2.75) is 12.8 Å². The summed E-state index contributed by atoms with van der Waals surface area (Å²) >= 11 is -1.34. The molecule has 0 spiro atoms. The van der Waals surface area contributed by atoms with Crippen molar-refractivity contribution < 1.29 is 13.3 Å². The molecular formula is C19H22FN7O2S. The Bertz CT molecular complexity index is 1080. The van der Waals surface area contributed by atoms with Gasteiger partial charge in [-0.15, -0.1) is 5.10 Å². The van der Waals surface area contributed by atoms with E-state index in [4.69, 9.17) is 4.74 Å². The van der Waals surface area contributed by atoms with Gasteiger partial charge in [-0.05, 0) is 31.0 Å². The van der Waals surface area contributed by atoms with Crippen molar-refractivity contribution in [1.82, 2.24) is 23.9 Å². The van der Waals surface area contributed by atoms with Crippen molar-refractivity contribution in [3.63, 3.8) is 0 Å². The number of anilines is 2. The van der Waals surface area contributed by atoms with Gasteiger partial charge in [-0.2, -0.15) is 0 Å². The Morgan fingerprint density at radius 1 is 1.13 bits per heavy atom. The summed E-state index contributed by atoms with van der Waals surface area (Å²) in [5, 5.41) is 4.57. The summed E-state index contributed by atoms with van der Waals surface area (Å²) < 4.78 is 38.8. The van der Waals surface area contributed by atoms with E-state index < -0.39 is 17.0 Å². The van der Waals surface area contributed by atoms with Gasteiger partial charge in [0.05, 0.1) is 31.3 Å². The maximum atomic E-state index is 14.6. The number of hydrogen-bond donors (Lipinski definition) is 1. The normalized spacial score (nSPS) is 18.8. The van der Waals surface area contributed by atoms with Gasteiger partial charge in [-0.3, -0.25) is 4.72 Å². The molecule has 2 saturated heterocycles. The van der Waals surface area contributed by atoms with E-state index in [1.165, 1.54) is 6.07 Å². The number of fused-ring (bicyclic) bond motifs is 1. The highest BCUT2D eigenvalue weighted by Crippen LogP contribution is 2.26. The monoisotopic (exact) mass is 431 g/mol. The van der Waals surface area contributed by atoms with Crippen molar-refractivity contribution in [3.05, 3.63) is 36.4 Å². The summed E-state index contributed by atoms with van der Waals surface area (Å²) in [5.41, 5.74) is 1.30. The maximum Gasteiger partial charge on any atom is 0.251 e. The van der Waals surface area contributed by atoms with Crippen molar-refractivity contribution in [2.75, 3.05) is 49.0 Å². The molecule has 1 atom stereocenters. The Labute approximate surface area is 175 Å². The molecule has 9 nitrogen and oxygen atoms in total. The van der Waals surface area contributed by atoms with Crippen LogP contribution in [0.5, 0.6) is 0 Å². The van der Waals surface area contributed by atoms with Gasteiger partial charge < -0.3 is 9.64 Å². The van der Waals surface area contributed by atoms with Crippen LogP contribution in [-0.4, -0.2) is 67.5 Å². The van der Waals surface area contributed by atoms with Gasteiger partial charge in [0.15, 0.2) is 17.0 Å². The molecule has 1 aromatic carbocycles. The fraction of sp³-hybridized carbons (Fsp3) is 0.421. The van der Waals surface area contributed by atoms with E-state index in [9.17, 15) is 8.60 Å². The Kier molecular flexibility index (Phi) is 5.32. The van der Waals surface area contributed by atoms with E-state index in [2.05, 4.69) is 24.7 Å². The summed E-state index contributed by atoms with van der Waals surface area (Å²) in [6.07, 6.45) is 5.41. The quantitative estimate of drug-likeness (QED) is 0.664. The summed E-state index contributed by atoms with van der Waals surface area (Å²) in [6, 6.07) is 4.55. The molecule has 4 heterocycles. The first-order chi connectivity index (χ1) is 14.7. The summed E-state index contributed by atoms with van der Waals surface area (Å²) in [7, 11) is 0. The zero-order valence-electron chi connectivity index (χ0n) is 16.3. The second-order valence-corrected chi connectivity index (χ2v) is 8.49. The van der Waals surface area contributed by atoms with Gasteiger partial charge in [0.2, 0.25) is 0 Å².